The van der Waals surface area contributed by atoms with E-state index in [0.717, 1.165) is 24.0 Å². The topological polar surface area (TPSA) is 84.9 Å². The van der Waals surface area contributed by atoms with Crippen LogP contribution in [0, 0.1) is 17.7 Å². The van der Waals surface area contributed by atoms with Gasteiger partial charge in [-0.3, -0.25) is 4.79 Å². The first-order valence-electron chi connectivity index (χ1n) is 11.5. The molecule has 0 heterocycles. The highest BCUT2D eigenvalue weighted by molar-refractivity contribution is 5.70. The van der Waals surface area contributed by atoms with E-state index in [4.69, 9.17) is 9.47 Å². The fourth-order valence-corrected chi connectivity index (χ4v) is 3.84. The van der Waals surface area contributed by atoms with Crippen LogP contribution in [0.3, 0.4) is 0 Å². The first kappa shape index (κ1) is 24.6. The van der Waals surface area contributed by atoms with Crippen LogP contribution in [-0.4, -0.2) is 29.8 Å². The molecule has 2 N–H and O–H groups in total. The Morgan fingerprint density at radius 3 is 2.61 bits per heavy atom. The quantitative estimate of drug-likeness (QED) is 0.397. The monoisotopic (exact) mass is 457 g/mol. The summed E-state index contributed by atoms with van der Waals surface area (Å²) in [6.07, 6.45) is 3.64. The number of carboxylic acid groups (broad SMARTS) is 1. The number of aliphatic carboxylic acids is 1. The Labute approximate surface area is 194 Å². The van der Waals surface area contributed by atoms with Gasteiger partial charge in [-0.2, -0.15) is 0 Å². The van der Waals surface area contributed by atoms with Crippen LogP contribution >= 0.6 is 0 Å². The smallest absolute Gasteiger partial charge is 0.407 e. The zero-order valence-electron chi connectivity index (χ0n) is 19.0. The third kappa shape index (κ3) is 8.40. The van der Waals surface area contributed by atoms with Crippen molar-refractivity contribution < 1.29 is 28.6 Å². The zero-order chi connectivity index (χ0) is 23.6. The zero-order valence-corrected chi connectivity index (χ0v) is 19.0. The molecule has 1 aliphatic carbocycles. The highest BCUT2D eigenvalue weighted by Gasteiger charge is 2.36. The van der Waals surface area contributed by atoms with Gasteiger partial charge >= 0.3 is 12.1 Å². The molecule has 0 radical (unpaired) electrons. The van der Waals surface area contributed by atoms with Crippen LogP contribution in [0.5, 0.6) is 5.75 Å². The van der Waals surface area contributed by atoms with Crippen molar-refractivity contribution in [2.45, 2.75) is 58.2 Å². The number of amides is 1. The number of hydrogen-bond acceptors (Lipinski definition) is 4. The van der Waals surface area contributed by atoms with E-state index in [1.54, 1.807) is 6.07 Å². The third-order valence-electron chi connectivity index (χ3n) is 5.85. The summed E-state index contributed by atoms with van der Waals surface area (Å²) in [7, 11) is 0. The minimum atomic E-state index is -0.745. The van der Waals surface area contributed by atoms with E-state index < -0.39 is 12.1 Å². The first-order chi connectivity index (χ1) is 15.9. The predicted octanol–water partition coefficient (Wildman–Crippen LogP) is 5.34. The molecule has 2 aromatic carbocycles. The largest absolute Gasteiger partial charge is 0.490 e. The number of carboxylic acids is 1. The highest BCUT2D eigenvalue weighted by Crippen LogP contribution is 2.39. The Kier molecular flexibility index (Phi) is 9.10. The van der Waals surface area contributed by atoms with Crippen molar-refractivity contribution in [3.8, 4) is 5.75 Å². The van der Waals surface area contributed by atoms with Gasteiger partial charge in [0.15, 0.2) is 0 Å². The molecule has 0 bridgehead atoms. The Morgan fingerprint density at radius 2 is 1.91 bits per heavy atom. The minimum Gasteiger partial charge on any atom is -0.490 e. The number of alkyl carbamates (subject to hydrolysis) is 1. The number of hydrogen-bond donors (Lipinski definition) is 2. The number of ether oxygens (including phenoxy) is 2. The van der Waals surface area contributed by atoms with E-state index in [2.05, 4.69) is 5.32 Å². The van der Waals surface area contributed by atoms with E-state index in [1.165, 1.54) is 12.1 Å². The SMILES string of the molecule is C[C@H](CC[C@H](C(=O)O)C1CC1)Oc1cc(F)ccc1CCCNC(=O)OCc1ccccc1. The van der Waals surface area contributed by atoms with Crippen LogP contribution in [0.2, 0.25) is 0 Å². The maximum atomic E-state index is 13.8. The second kappa shape index (κ2) is 12.2. The van der Waals surface area contributed by atoms with Crippen molar-refractivity contribution >= 4 is 12.1 Å². The molecule has 1 fully saturated rings. The van der Waals surface area contributed by atoms with Crippen LogP contribution in [0.25, 0.3) is 0 Å². The lowest BCUT2D eigenvalue weighted by atomic mass is 9.96. The number of benzene rings is 2. The van der Waals surface area contributed by atoms with Crippen molar-refractivity contribution in [2.24, 2.45) is 11.8 Å². The van der Waals surface area contributed by atoms with Crippen LogP contribution in [-0.2, 0) is 22.6 Å². The Balaban J connectivity index is 1.42. The summed E-state index contributed by atoms with van der Waals surface area (Å²) in [4.78, 5) is 23.3. The molecule has 33 heavy (non-hydrogen) atoms. The van der Waals surface area contributed by atoms with Gasteiger partial charge in [-0.1, -0.05) is 36.4 Å². The number of rotatable bonds is 13. The standard InChI is InChI=1S/C26H32FNO5/c1-18(9-14-23(25(29)30)20-10-11-20)33-24-16-22(27)13-12-21(24)8-5-15-28-26(31)32-17-19-6-3-2-4-7-19/h2-4,6-7,12-13,16,18,20,23H,5,8-11,14-15,17H2,1H3,(H,28,31)(H,29,30)/t18-,23+/m1/s1. The number of halogens is 1. The Hall–Kier alpha value is -3.09. The summed E-state index contributed by atoms with van der Waals surface area (Å²) >= 11 is 0. The molecule has 0 aliphatic heterocycles. The van der Waals surface area contributed by atoms with Crippen molar-refractivity contribution in [2.75, 3.05) is 6.54 Å². The average Bonchev–Trinajstić information content (AvgIpc) is 3.62. The number of carbonyl (C=O) groups excluding carboxylic acids is 1. The molecule has 1 saturated carbocycles. The molecule has 7 heteroatoms. The fourth-order valence-electron chi connectivity index (χ4n) is 3.84. The van der Waals surface area contributed by atoms with Gasteiger partial charge in [0, 0.05) is 12.6 Å². The Bertz CT molecular complexity index is 916. The van der Waals surface area contributed by atoms with Gasteiger partial charge in [-0.25, -0.2) is 9.18 Å². The third-order valence-corrected chi connectivity index (χ3v) is 5.85. The van der Waals surface area contributed by atoms with E-state index in [9.17, 15) is 19.1 Å². The second-order valence-corrected chi connectivity index (χ2v) is 8.63. The van der Waals surface area contributed by atoms with Crippen molar-refractivity contribution in [1.29, 1.82) is 0 Å². The normalized spacial score (nSPS) is 14.8. The number of aryl methyl sites for hydroxylation is 1. The molecule has 0 saturated heterocycles. The lowest BCUT2D eigenvalue weighted by molar-refractivity contribution is -0.142. The van der Waals surface area contributed by atoms with Gasteiger partial charge in [0.25, 0.3) is 0 Å². The van der Waals surface area contributed by atoms with Gasteiger partial charge in [-0.15, -0.1) is 0 Å². The summed E-state index contributed by atoms with van der Waals surface area (Å²) in [5.74, 6) is -0.703. The van der Waals surface area contributed by atoms with Gasteiger partial charge in [0.1, 0.15) is 18.2 Å². The molecular formula is C26H32FNO5. The molecular weight excluding hydrogens is 425 g/mol. The summed E-state index contributed by atoms with van der Waals surface area (Å²) in [6, 6.07) is 13.9. The fraction of sp³-hybridized carbons (Fsp3) is 0.462. The van der Waals surface area contributed by atoms with Crippen LogP contribution in [0.4, 0.5) is 9.18 Å². The molecule has 6 nitrogen and oxygen atoms in total. The predicted molar refractivity (Wildman–Crippen MR) is 123 cm³/mol. The van der Waals surface area contributed by atoms with E-state index in [1.807, 2.05) is 37.3 Å². The maximum Gasteiger partial charge on any atom is 0.407 e. The maximum absolute atomic E-state index is 13.8. The molecule has 0 unspecified atom stereocenters. The molecule has 178 valence electrons. The molecule has 1 amide bonds. The molecule has 2 atom stereocenters. The summed E-state index contributed by atoms with van der Waals surface area (Å²) in [5.41, 5.74) is 1.77. The lowest BCUT2D eigenvalue weighted by Crippen LogP contribution is -2.25. The first-order valence-corrected chi connectivity index (χ1v) is 11.5. The molecule has 0 spiro atoms. The number of nitrogens with one attached hydrogen (secondary N) is 1. The van der Waals surface area contributed by atoms with Crippen LogP contribution in [0.15, 0.2) is 48.5 Å². The van der Waals surface area contributed by atoms with Crippen molar-refractivity contribution in [1.82, 2.24) is 5.32 Å². The highest BCUT2D eigenvalue weighted by atomic mass is 19.1. The molecule has 1 aliphatic rings. The lowest BCUT2D eigenvalue weighted by Gasteiger charge is -2.19. The van der Waals surface area contributed by atoms with Crippen molar-refractivity contribution in [3.05, 3.63) is 65.5 Å². The van der Waals surface area contributed by atoms with Crippen molar-refractivity contribution in [3.63, 3.8) is 0 Å². The minimum absolute atomic E-state index is 0.212. The second-order valence-electron chi connectivity index (χ2n) is 8.63. The summed E-state index contributed by atoms with van der Waals surface area (Å²) in [6.45, 7) is 2.51. The van der Waals surface area contributed by atoms with Crippen LogP contribution < -0.4 is 10.1 Å². The van der Waals surface area contributed by atoms with E-state index in [-0.39, 0.29) is 30.4 Å². The van der Waals surface area contributed by atoms with Gasteiger partial charge in [0.05, 0.1) is 12.0 Å². The molecule has 0 aromatic heterocycles. The Morgan fingerprint density at radius 1 is 1.15 bits per heavy atom. The van der Waals surface area contributed by atoms with E-state index >= 15 is 0 Å². The average molecular weight is 458 g/mol. The van der Waals surface area contributed by atoms with Gasteiger partial charge in [-0.05, 0) is 68.6 Å². The number of carbonyl (C=O) groups is 2. The van der Waals surface area contributed by atoms with Crippen LogP contribution in [0.1, 0.15) is 50.2 Å². The summed E-state index contributed by atoms with van der Waals surface area (Å²) < 4.78 is 25.0. The molecule has 3 rings (SSSR count). The summed E-state index contributed by atoms with van der Waals surface area (Å²) in [5, 5.41) is 12.1. The van der Waals surface area contributed by atoms with Gasteiger partial charge < -0.3 is 19.9 Å². The molecule has 2 aromatic rings. The van der Waals surface area contributed by atoms with Gasteiger partial charge in [0.2, 0.25) is 0 Å². The van der Waals surface area contributed by atoms with E-state index in [0.29, 0.717) is 38.0 Å².